The van der Waals surface area contributed by atoms with Gasteiger partial charge in [0.2, 0.25) is 5.91 Å². The SMILES string of the molecule is COCCOc1ccc(C(C)NC(=O)CCSc2ccc(Br)cc2)cc1OC. The molecular weight excluding hydrogens is 442 g/mol. The monoisotopic (exact) mass is 467 g/mol. The number of hydrogen-bond acceptors (Lipinski definition) is 5. The molecule has 1 unspecified atom stereocenters. The van der Waals surface area contributed by atoms with Gasteiger partial charge in [0.15, 0.2) is 11.5 Å². The van der Waals surface area contributed by atoms with Crippen LogP contribution in [0.2, 0.25) is 0 Å². The highest BCUT2D eigenvalue weighted by atomic mass is 79.9. The molecule has 0 aliphatic heterocycles. The summed E-state index contributed by atoms with van der Waals surface area (Å²) in [7, 11) is 3.23. The molecule has 1 amide bonds. The second kappa shape index (κ2) is 12.0. The molecule has 0 fully saturated rings. The lowest BCUT2D eigenvalue weighted by molar-refractivity contribution is -0.121. The maximum Gasteiger partial charge on any atom is 0.221 e. The van der Waals surface area contributed by atoms with Gasteiger partial charge in [-0.2, -0.15) is 0 Å². The highest BCUT2D eigenvalue weighted by Crippen LogP contribution is 2.30. The average molecular weight is 468 g/mol. The maximum absolute atomic E-state index is 12.3. The minimum Gasteiger partial charge on any atom is -0.493 e. The van der Waals surface area contributed by atoms with Gasteiger partial charge in [-0.05, 0) is 48.9 Å². The fraction of sp³-hybridized carbons (Fsp3) is 0.381. The topological polar surface area (TPSA) is 56.8 Å². The molecule has 0 radical (unpaired) electrons. The standard InChI is InChI=1S/C21H26BrNO4S/c1-15(16-4-9-19(20(14-16)26-3)27-12-11-25-2)23-21(24)10-13-28-18-7-5-17(22)6-8-18/h4-9,14-15H,10-13H2,1-3H3,(H,23,24). The summed E-state index contributed by atoms with van der Waals surface area (Å²) in [5.74, 6) is 2.06. The third-order valence-electron chi connectivity index (χ3n) is 4.02. The summed E-state index contributed by atoms with van der Waals surface area (Å²) in [5, 5.41) is 3.04. The maximum atomic E-state index is 12.3. The predicted molar refractivity (Wildman–Crippen MR) is 116 cm³/mol. The first kappa shape index (κ1) is 22.6. The van der Waals surface area contributed by atoms with Gasteiger partial charge in [-0.15, -0.1) is 11.8 Å². The fourth-order valence-electron chi connectivity index (χ4n) is 2.50. The van der Waals surface area contributed by atoms with Crippen LogP contribution >= 0.6 is 27.7 Å². The van der Waals surface area contributed by atoms with Crippen molar-refractivity contribution in [1.82, 2.24) is 5.32 Å². The Morgan fingerprint density at radius 1 is 1.11 bits per heavy atom. The quantitative estimate of drug-likeness (QED) is 0.378. The Bertz CT molecular complexity index is 755. The third-order valence-corrected chi connectivity index (χ3v) is 5.56. The molecule has 5 nitrogen and oxygen atoms in total. The van der Waals surface area contributed by atoms with E-state index in [1.165, 1.54) is 0 Å². The van der Waals surface area contributed by atoms with Crippen molar-refractivity contribution < 1.29 is 19.0 Å². The van der Waals surface area contributed by atoms with Gasteiger partial charge in [0.25, 0.3) is 0 Å². The van der Waals surface area contributed by atoms with Crippen molar-refractivity contribution in [2.45, 2.75) is 24.3 Å². The van der Waals surface area contributed by atoms with E-state index in [2.05, 4.69) is 21.2 Å². The van der Waals surface area contributed by atoms with Crippen molar-refractivity contribution in [2.75, 3.05) is 33.2 Å². The number of rotatable bonds is 11. The molecule has 1 atom stereocenters. The van der Waals surface area contributed by atoms with Crippen molar-refractivity contribution in [3.8, 4) is 11.5 Å². The molecule has 2 aromatic carbocycles. The summed E-state index contributed by atoms with van der Waals surface area (Å²) < 4.78 is 17.1. The minimum atomic E-state index is -0.118. The highest BCUT2D eigenvalue weighted by Gasteiger charge is 2.13. The number of amides is 1. The first-order valence-corrected chi connectivity index (χ1v) is 10.8. The summed E-state index contributed by atoms with van der Waals surface area (Å²) in [6, 6.07) is 13.6. The molecule has 2 rings (SSSR count). The number of carbonyl (C=O) groups is 1. The molecule has 0 heterocycles. The van der Waals surface area contributed by atoms with E-state index in [-0.39, 0.29) is 11.9 Å². The summed E-state index contributed by atoms with van der Waals surface area (Å²) in [6.07, 6.45) is 0.459. The number of hydrogen-bond donors (Lipinski definition) is 1. The van der Waals surface area contributed by atoms with Gasteiger partial charge in [0.05, 0.1) is 19.8 Å². The van der Waals surface area contributed by atoms with E-state index in [4.69, 9.17) is 14.2 Å². The van der Waals surface area contributed by atoms with E-state index in [1.807, 2.05) is 49.4 Å². The van der Waals surface area contributed by atoms with Crippen LogP contribution in [0.3, 0.4) is 0 Å². The van der Waals surface area contributed by atoms with Crippen LogP contribution < -0.4 is 14.8 Å². The number of nitrogens with one attached hydrogen (secondary N) is 1. The zero-order valence-corrected chi connectivity index (χ0v) is 18.8. The Balaban J connectivity index is 1.84. The number of carbonyl (C=O) groups excluding carboxylic acids is 1. The molecule has 1 N–H and O–H groups in total. The molecule has 0 spiro atoms. The summed E-state index contributed by atoms with van der Waals surface area (Å²) in [5.41, 5.74) is 0.963. The first-order valence-electron chi connectivity index (χ1n) is 9.01. The third kappa shape index (κ3) is 7.37. The lowest BCUT2D eigenvalue weighted by Gasteiger charge is -2.17. The number of ether oxygens (including phenoxy) is 3. The van der Waals surface area contributed by atoms with Crippen LogP contribution in [0.15, 0.2) is 51.8 Å². The zero-order chi connectivity index (χ0) is 20.4. The van der Waals surface area contributed by atoms with Gasteiger partial charge < -0.3 is 19.5 Å². The minimum absolute atomic E-state index is 0.0245. The molecule has 0 saturated heterocycles. The van der Waals surface area contributed by atoms with Gasteiger partial charge >= 0.3 is 0 Å². The van der Waals surface area contributed by atoms with Crippen molar-refractivity contribution >= 4 is 33.6 Å². The molecule has 0 saturated carbocycles. The van der Waals surface area contributed by atoms with Crippen LogP contribution in [0.25, 0.3) is 0 Å². The Morgan fingerprint density at radius 2 is 1.86 bits per heavy atom. The predicted octanol–water partition coefficient (Wildman–Crippen LogP) is 4.84. The molecule has 0 aliphatic carbocycles. The van der Waals surface area contributed by atoms with Crippen molar-refractivity contribution in [2.24, 2.45) is 0 Å². The normalized spacial score (nSPS) is 11.7. The van der Waals surface area contributed by atoms with Crippen molar-refractivity contribution in [1.29, 1.82) is 0 Å². The summed E-state index contributed by atoms with van der Waals surface area (Å²) >= 11 is 5.09. The van der Waals surface area contributed by atoms with Crippen molar-refractivity contribution in [3.05, 3.63) is 52.5 Å². The van der Waals surface area contributed by atoms with Gasteiger partial charge in [-0.1, -0.05) is 22.0 Å². The van der Waals surface area contributed by atoms with E-state index in [0.717, 1.165) is 20.7 Å². The fourth-order valence-corrected chi connectivity index (χ4v) is 3.61. The van der Waals surface area contributed by atoms with Crippen LogP contribution in [0.1, 0.15) is 24.9 Å². The molecular formula is C21H26BrNO4S. The summed E-state index contributed by atoms with van der Waals surface area (Å²) in [6.45, 7) is 2.92. The van der Waals surface area contributed by atoms with Gasteiger partial charge in [-0.25, -0.2) is 0 Å². The van der Waals surface area contributed by atoms with Gasteiger partial charge in [0, 0.05) is 28.7 Å². The van der Waals surface area contributed by atoms with Crippen LogP contribution in [0, 0.1) is 0 Å². The molecule has 28 heavy (non-hydrogen) atoms. The Kier molecular flexibility index (Phi) is 9.67. The molecule has 2 aromatic rings. The molecule has 152 valence electrons. The molecule has 0 aromatic heterocycles. The van der Waals surface area contributed by atoms with Crippen LogP contribution in [-0.2, 0) is 9.53 Å². The number of halogens is 1. The lowest BCUT2D eigenvalue weighted by atomic mass is 10.1. The second-order valence-electron chi connectivity index (χ2n) is 6.09. The van der Waals surface area contributed by atoms with Crippen LogP contribution in [-0.4, -0.2) is 39.1 Å². The Morgan fingerprint density at radius 3 is 2.54 bits per heavy atom. The van der Waals surface area contributed by atoms with Crippen LogP contribution in [0.5, 0.6) is 11.5 Å². The van der Waals surface area contributed by atoms with Crippen molar-refractivity contribution in [3.63, 3.8) is 0 Å². The summed E-state index contributed by atoms with van der Waals surface area (Å²) in [4.78, 5) is 13.4. The van der Waals surface area contributed by atoms with E-state index in [9.17, 15) is 4.79 Å². The Hall–Kier alpha value is -1.70. The Labute approximate surface area is 179 Å². The van der Waals surface area contributed by atoms with E-state index in [0.29, 0.717) is 31.1 Å². The zero-order valence-electron chi connectivity index (χ0n) is 16.4. The smallest absolute Gasteiger partial charge is 0.221 e. The van der Waals surface area contributed by atoms with Crippen LogP contribution in [0.4, 0.5) is 0 Å². The number of thioether (sulfide) groups is 1. The van der Waals surface area contributed by atoms with Gasteiger partial charge in [0.1, 0.15) is 6.61 Å². The number of methoxy groups -OCH3 is 2. The van der Waals surface area contributed by atoms with Gasteiger partial charge in [-0.3, -0.25) is 4.79 Å². The first-order chi connectivity index (χ1) is 13.5. The largest absolute Gasteiger partial charge is 0.493 e. The van der Waals surface area contributed by atoms with E-state index in [1.54, 1.807) is 26.0 Å². The second-order valence-corrected chi connectivity index (χ2v) is 8.18. The molecule has 0 aliphatic rings. The average Bonchev–Trinajstić information content (AvgIpc) is 2.69. The molecule has 7 heteroatoms. The number of benzene rings is 2. The van der Waals surface area contributed by atoms with E-state index < -0.39 is 0 Å². The highest BCUT2D eigenvalue weighted by molar-refractivity contribution is 9.10. The van der Waals surface area contributed by atoms with E-state index >= 15 is 0 Å². The lowest BCUT2D eigenvalue weighted by Crippen LogP contribution is -2.26. The molecule has 0 bridgehead atoms.